The minimum atomic E-state index is -0.412. The van der Waals surface area contributed by atoms with Gasteiger partial charge in [0.15, 0.2) is 0 Å². The maximum Gasteiger partial charge on any atom is 0.337 e. The molecule has 0 aliphatic rings. The van der Waals surface area contributed by atoms with Crippen molar-refractivity contribution in [1.29, 1.82) is 0 Å². The van der Waals surface area contributed by atoms with Crippen molar-refractivity contribution >= 4 is 34.9 Å². The molecule has 0 aliphatic carbocycles. The molecule has 3 aromatic rings. The second-order valence-electron chi connectivity index (χ2n) is 6.35. The number of hydrogen-bond donors (Lipinski definition) is 2. The Morgan fingerprint density at radius 1 is 0.931 bits per heavy atom. The topological polar surface area (TPSA) is 96.4 Å². The summed E-state index contributed by atoms with van der Waals surface area (Å²) in [4.78, 5) is 34.3. The molecule has 1 amide bonds. The van der Waals surface area contributed by atoms with E-state index in [-0.39, 0.29) is 17.5 Å². The van der Waals surface area contributed by atoms with Gasteiger partial charge in [-0.05, 0) is 54.6 Å². The monoisotopic (exact) mass is 391 g/mol. The number of nitrogens with one attached hydrogen (secondary N) is 2. The predicted octanol–water partition coefficient (Wildman–Crippen LogP) is 3.33. The van der Waals surface area contributed by atoms with E-state index in [1.54, 1.807) is 24.3 Å². The third-order valence-corrected chi connectivity index (χ3v) is 4.09. The van der Waals surface area contributed by atoms with Gasteiger partial charge in [-0.15, -0.1) is 0 Å². The Hall–Kier alpha value is -3.94. The van der Waals surface area contributed by atoms with Crippen LogP contribution < -0.4 is 15.5 Å². The molecule has 0 aliphatic heterocycles. The normalized spacial score (nSPS) is 10.2. The molecule has 0 spiro atoms. The molecule has 1 heterocycles. The summed E-state index contributed by atoms with van der Waals surface area (Å²) in [5.74, 6) is -0.481. The standard InChI is InChI=1S/C21H21N5O3/c1-26(2)17-10-8-15(9-11-17)23-19(27)18-12-13-22-21(25-18)24-16-6-4-14(5-7-16)20(28)29-3/h4-13H,1-3H3,(H,23,27)(H,22,24,25). The maximum absolute atomic E-state index is 12.5. The van der Waals surface area contributed by atoms with Crippen molar-refractivity contribution in [2.45, 2.75) is 0 Å². The summed E-state index contributed by atoms with van der Waals surface area (Å²) in [6.07, 6.45) is 1.50. The summed E-state index contributed by atoms with van der Waals surface area (Å²) < 4.78 is 4.67. The number of rotatable bonds is 6. The SMILES string of the molecule is COC(=O)c1ccc(Nc2nccc(C(=O)Nc3ccc(N(C)C)cc3)n2)cc1. The van der Waals surface area contributed by atoms with Gasteiger partial charge >= 0.3 is 5.97 Å². The van der Waals surface area contributed by atoms with Crippen LogP contribution in [0.15, 0.2) is 60.8 Å². The number of carbonyl (C=O) groups excluding carboxylic acids is 2. The minimum absolute atomic E-state index is 0.227. The molecule has 29 heavy (non-hydrogen) atoms. The average molecular weight is 391 g/mol. The van der Waals surface area contributed by atoms with Crippen LogP contribution in [0.2, 0.25) is 0 Å². The summed E-state index contributed by atoms with van der Waals surface area (Å²) in [6, 6.07) is 15.7. The number of hydrogen-bond acceptors (Lipinski definition) is 7. The van der Waals surface area contributed by atoms with Gasteiger partial charge in [-0.2, -0.15) is 0 Å². The Morgan fingerprint density at radius 3 is 2.21 bits per heavy atom. The fraction of sp³-hybridized carbons (Fsp3) is 0.143. The third-order valence-electron chi connectivity index (χ3n) is 4.09. The highest BCUT2D eigenvalue weighted by atomic mass is 16.5. The quantitative estimate of drug-likeness (QED) is 0.622. The first-order valence-corrected chi connectivity index (χ1v) is 8.83. The van der Waals surface area contributed by atoms with E-state index in [4.69, 9.17) is 0 Å². The lowest BCUT2D eigenvalue weighted by atomic mass is 10.2. The number of anilines is 4. The molecular weight excluding hydrogens is 370 g/mol. The molecule has 0 saturated heterocycles. The first-order chi connectivity index (χ1) is 14.0. The number of methoxy groups -OCH3 is 1. The van der Waals surface area contributed by atoms with Gasteiger partial charge in [-0.25, -0.2) is 14.8 Å². The number of nitrogens with zero attached hydrogens (tertiary/aromatic N) is 3. The number of ether oxygens (including phenoxy) is 1. The summed E-state index contributed by atoms with van der Waals surface area (Å²) in [5.41, 5.74) is 3.05. The van der Waals surface area contributed by atoms with E-state index < -0.39 is 5.97 Å². The van der Waals surface area contributed by atoms with Crippen LogP contribution >= 0.6 is 0 Å². The molecule has 0 atom stereocenters. The molecule has 0 bridgehead atoms. The Morgan fingerprint density at radius 2 is 1.59 bits per heavy atom. The van der Waals surface area contributed by atoms with Crippen molar-refractivity contribution in [2.24, 2.45) is 0 Å². The number of amides is 1. The lowest BCUT2D eigenvalue weighted by Gasteiger charge is -2.13. The fourth-order valence-corrected chi connectivity index (χ4v) is 2.52. The number of benzene rings is 2. The summed E-state index contributed by atoms with van der Waals surface area (Å²) in [6.45, 7) is 0. The van der Waals surface area contributed by atoms with Crippen LogP contribution in [0.3, 0.4) is 0 Å². The van der Waals surface area contributed by atoms with Gasteiger partial charge < -0.3 is 20.3 Å². The third kappa shape index (κ3) is 5.07. The van der Waals surface area contributed by atoms with Gasteiger partial charge in [-0.3, -0.25) is 4.79 Å². The molecule has 0 fully saturated rings. The molecule has 8 heteroatoms. The first-order valence-electron chi connectivity index (χ1n) is 8.83. The van der Waals surface area contributed by atoms with Crippen LogP contribution in [0.1, 0.15) is 20.8 Å². The molecule has 8 nitrogen and oxygen atoms in total. The van der Waals surface area contributed by atoms with E-state index in [1.165, 1.54) is 19.4 Å². The van der Waals surface area contributed by atoms with Crippen LogP contribution in [0.25, 0.3) is 0 Å². The molecule has 148 valence electrons. The Balaban J connectivity index is 1.68. The number of carbonyl (C=O) groups is 2. The van der Waals surface area contributed by atoms with Crippen molar-refractivity contribution in [2.75, 3.05) is 36.7 Å². The number of esters is 1. The second-order valence-corrected chi connectivity index (χ2v) is 6.35. The van der Waals surface area contributed by atoms with Gasteiger partial charge in [-0.1, -0.05) is 0 Å². The van der Waals surface area contributed by atoms with Crippen LogP contribution in [0, 0.1) is 0 Å². The van der Waals surface area contributed by atoms with Crippen molar-refractivity contribution in [3.05, 3.63) is 72.1 Å². The molecule has 0 unspecified atom stereocenters. The Labute approximate surface area is 168 Å². The van der Waals surface area contributed by atoms with Crippen molar-refractivity contribution in [1.82, 2.24) is 9.97 Å². The fourth-order valence-electron chi connectivity index (χ4n) is 2.52. The molecular formula is C21H21N5O3. The van der Waals surface area contributed by atoms with Crippen LogP contribution in [-0.2, 0) is 4.74 Å². The highest BCUT2D eigenvalue weighted by Crippen LogP contribution is 2.17. The zero-order chi connectivity index (χ0) is 20.8. The van der Waals surface area contributed by atoms with E-state index in [1.807, 2.05) is 43.3 Å². The summed E-state index contributed by atoms with van der Waals surface area (Å²) in [7, 11) is 5.23. The zero-order valence-electron chi connectivity index (χ0n) is 16.3. The van der Waals surface area contributed by atoms with Gasteiger partial charge in [0.2, 0.25) is 5.95 Å². The van der Waals surface area contributed by atoms with Crippen molar-refractivity contribution in [3.8, 4) is 0 Å². The van der Waals surface area contributed by atoms with Gasteiger partial charge in [0.05, 0.1) is 12.7 Å². The second kappa shape index (κ2) is 8.83. The Bertz CT molecular complexity index is 1000. The van der Waals surface area contributed by atoms with E-state index in [0.717, 1.165) is 5.69 Å². The van der Waals surface area contributed by atoms with E-state index >= 15 is 0 Å². The molecule has 3 rings (SSSR count). The van der Waals surface area contributed by atoms with Gasteiger partial charge in [0.1, 0.15) is 5.69 Å². The van der Waals surface area contributed by atoms with Crippen molar-refractivity contribution in [3.63, 3.8) is 0 Å². The van der Waals surface area contributed by atoms with Crippen LogP contribution in [-0.4, -0.2) is 43.0 Å². The molecule has 1 aromatic heterocycles. The lowest BCUT2D eigenvalue weighted by Crippen LogP contribution is -2.15. The maximum atomic E-state index is 12.5. The average Bonchev–Trinajstić information content (AvgIpc) is 2.74. The molecule has 2 aromatic carbocycles. The van der Waals surface area contributed by atoms with Crippen LogP contribution in [0.5, 0.6) is 0 Å². The zero-order valence-corrected chi connectivity index (χ0v) is 16.3. The summed E-state index contributed by atoms with van der Waals surface area (Å²) >= 11 is 0. The van der Waals surface area contributed by atoms with E-state index in [9.17, 15) is 9.59 Å². The molecule has 0 radical (unpaired) electrons. The van der Waals surface area contributed by atoms with E-state index in [2.05, 4.69) is 25.3 Å². The summed E-state index contributed by atoms with van der Waals surface area (Å²) in [5, 5.41) is 5.82. The highest BCUT2D eigenvalue weighted by molar-refractivity contribution is 6.03. The van der Waals surface area contributed by atoms with Crippen LogP contribution in [0.4, 0.5) is 23.0 Å². The minimum Gasteiger partial charge on any atom is -0.465 e. The van der Waals surface area contributed by atoms with Gasteiger partial charge in [0, 0.05) is 37.4 Å². The van der Waals surface area contributed by atoms with E-state index in [0.29, 0.717) is 16.9 Å². The van der Waals surface area contributed by atoms with Gasteiger partial charge in [0.25, 0.3) is 5.91 Å². The first kappa shape index (κ1) is 19.8. The molecule has 2 N–H and O–H groups in total. The smallest absolute Gasteiger partial charge is 0.337 e. The predicted molar refractivity (Wildman–Crippen MR) is 112 cm³/mol. The Kier molecular flexibility index (Phi) is 6.03. The number of aromatic nitrogens is 2. The largest absolute Gasteiger partial charge is 0.465 e. The van der Waals surface area contributed by atoms with Crippen molar-refractivity contribution < 1.29 is 14.3 Å². The highest BCUT2D eigenvalue weighted by Gasteiger charge is 2.10. The lowest BCUT2D eigenvalue weighted by molar-refractivity contribution is 0.0600. The molecule has 0 saturated carbocycles.